The van der Waals surface area contributed by atoms with E-state index >= 15 is 0 Å². The van der Waals surface area contributed by atoms with E-state index < -0.39 is 11.7 Å². The summed E-state index contributed by atoms with van der Waals surface area (Å²) in [5, 5.41) is 9.07. The van der Waals surface area contributed by atoms with Gasteiger partial charge in [-0.2, -0.15) is 13.2 Å². The zero-order valence-corrected chi connectivity index (χ0v) is 13.2. The highest BCUT2D eigenvalue weighted by Crippen LogP contribution is 2.29. The van der Waals surface area contributed by atoms with Crippen molar-refractivity contribution in [3.63, 3.8) is 0 Å². The number of aliphatic hydroxyl groups excluding tert-OH is 1. The van der Waals surface area contributed by atoms with Crippen LogP contribution in [0.3, 0.4) is 0 Å². The Morgan fingerprint density at radius 1 is 1.26 bits per heavy atom. The fourth-order valence-electron chi connectivity index (χ4n) is 1.70. The molecular formula is C16H16F3NO2S. The summed E-state index contributed by atoms with van der Waals surface area (Å²) in [6.07, 6.45) is 0.443. The van der Waals surface area contributed by atoms with Crippen molar-refractivity contribution in [1.82, 2.24) is 4.98 Å². The van der Waals surface area contributed by atoms with Crippen molar-refractivity contribution in [3.05, 3.63) is 53.2 Å². The molecule has 2 aromatic rings. The molecule has 7 heteroatoms. The summed E-state index contributed by atoms with van der Waals surface area (Å²) in [5.74, 6) is 1.01. The maximum absolute atomic E-state index is 12.5. The van der Waals surface area contributed by atoms with E-state index in [0.29, 0.717) is 17.2 Å². The number of alkyl halides is 3. The minimum Gasteiger partial charge on any atom is -0.445 e. The van der Waals surface area contributed by atoms with Crippen LogP contribution in [-0.4, -0.2) is 21.9 Å². The Morgan fingerprint density at radius 2 is 1.96 bits per heavy atom. The molecule has 1 unspecified atom stereocenters. The number of aromatic nitrogens is 1. The van der Waals surface area contributed by atoms with Crippen molar-refractivity contribution in [2.75, 3.05) is 6.61 Å². The zero-order chi connectivity index (χ0) is 16.9. The molecule has 0 aliphatic carbocycles. The third-order valence-electron chi connectivity index (χ3n) is 3.00. The lowest BCUT2D eigenvalue weighted by molar-refractivity contribution is -0.137. The molecule has 0 fully saturated rings. The molecule has 0 aliphatic rings. The molecule has 0 spiro atoms. The predicted octanol–water partition coefficient (Wildman–Crippen LogP) is 4.48. The molecule has 3 nitrogen and oxygen atoms in total. The standard InChI is InChI=1S/C16H16F3NO2S/c1-11(8-21)23-10-14-9-22-15(20-14)7-4-12-2-5-13(6-3-12)16(17,18)19/h2-7,9,11,21H,8,10H2,1H3/b7-4+. The fourth-order valence-corrected chi connectivity index (χ4v) is 2.39. The van der Waals surface area contributed by atoms with Crippen molar-refractivity contribution in [1.29, 1.82) is 0 Å². The van der Waals surface area contributed by atoms with E-state index in [-0.39, 0.29) is 11.9 Å². The maximum atomic E-state index is 12.5. The first-order chi connectivity index (χ1) is 10.9. The molecule has 124 valence electrons. The van der Waals surface area contributed by atoms with Crippen LogP contribution in [0.2, 0.25) is 0 Å². The van der Waals surface area contributed by atoms with Crippen LogP contribution >= 0.6 is 11.8 Å². The molecule has 1 atom stereocenters. The number of hydrogen-bond acceptors (Lipinski definition) is 4. The Morgan fingerprint density at radius 3 is 2.57 bits per heavy atom. The summed E-state index contributed by atoms with van der Waals surface area (Å²) >= 11 is 1.56. The quantitative estimate of drug-likeness (QED) is 0.840. The van der Waals surface area contributed by atoms with Gasteiger partial charge < -0.3 is 9.52 Å². The van der Waals surface area contributed by atoms with Gasteiger partial charge in [0.1, 0.15) is 6.26 Å². The van der Waals surface area contributed by atoms with E-state index in [1.165, 1.54) is 18.4 Å². The van der Waals surface area contributed by atoms with Gasteiger partial charge in [0.05, 0.1) is 17.9 Å². The number of hydrogen-bond donors (Lipinski definition) is 1. The van der Waals surface area contributed by atoms with Crippen LogP contribution in [0.15, 0.2) is 34.9 Å². The van der Waals surface area contributed by atoms with Gasteiger partial charge in [0.2, 0.25) is 5.89 Å². The zero-order valence-electron chi connectivity index (χ0n) is 12.4. The average molecular weight is 343 g/mol. The molecule has 0 saturated heterocycles. The Bertz CT molecular complexity index is 650. The van der Waals surface area contributed by atoms with Gasteiger partial charge in [-0.05, 0) is 23.8 Å². The highest BCUT2D eigenvalue weighted by molar-refractivity contribution is 7.99. The summed E-state index contributed by atoms with van der Waals surface area (Å²) in [7, 11) is 0. The molecule has 2 rings (SSSR count). The average Bonchev–Trinajstić information content (AvgIpc) is 2.98. The van der Waals surface area contributed by atoms with E-state index in [1.807, 2.05) is 6.92 Å². The number of oxazole rings is 1. The third-order valence-corrected chi connectivity index (χ3v) is 4.18. The van der Waals surface area contributed by atoms with Crippen molar-refractivity contribution >= 4 is 23.9 Å². The van der Waals surface area contributed by atoms with Gasteiger partial charge in [0, 0.05) is 17.1 Å². The largest absolute Gasteiger partial charge is 0.445 e. The first-order valence-electron chi connectivity index (χ1n) is 6.90. The van der Waals surface area contributed by atoms with Crippen LogP contribution in [0.1, 0.15) is 29.6 Å². The lowest BCUT2D eigenvalue weighted by Crippen LogP contribution is -2.03. The van der Waals surface area contributed by atoms with E-state index in [2.05, 4.69) is 4.98 Å². The van der Waals surface area contributed by atoms with Crippen molar-refractivity contribution in [2.24, 2.45) is 0 Å². The summed E-state index contributed by atoms with van der Waals surface area (Å²) in [4.78, 5) is 4.25. The predicted molar refractivity (Wildman–Crippen MR) is 84.7 cm³/mol. The number of rotatable bonds is 6. The summed E-state index contributed by atoms with van der Waals surface area (Å²) in [6.45, 7) is 2.01. The van der Waals surface area contributed by atoms with Crippen molar-refractivity contribution in [3.8, 4) is 0 Å². The van der Waals surface area contributed by atoms with Crippen LogP contribution in [0.4, 0.5) is 13.2 Å². The van der Waals surface area contributed by atoms with Crippen LogP contribution < -0.4 is 0 Å². The van der Waals surface area contributed by atoms with E-state index in [0.717, 1.165) is 17.8 Å². The summed E-state index contributed by atoms with van der Waals surface area (Å²) < 4.78 is 42.7. The second kappa shape index (κ2) is 7.70. The first-order valence-corrected chi connectivity index (χ1v) is 7.95. The van der Waals surface area contributed by atoms with Gasteiger partial charge in [0.15, 0.2) is 0 Å². The topological polar surface area (TPSA) is 46.3 Å². The highest BCUT2D eigenvalue weighted by Gasteiger charge is 2.29. The SMILES string of the molecule is CC(CO)SCc1coc(/C=C/c2ccc(C(F)(F)F)cc2)n1. The molecule has 1 heterocycles. The monoisotopic (exact) mass is 343 g/mol. The second-order valence-electron chi connectivity index (χ2n) is 4.93. The van der Waals surface area contributed by atoms with Gasteiger partial charge in [-0.1, -0.05) is 19.1 Å². The van der Waals surface area contributed by atoms with Crippen molar-refractivity contribution in [2.45, 2.75) is 24.1 Å². The van der Waals surface area contributed by atoms with Crippen LogP contribution in [-0.2, 0) is 11.9 Å². The number of aliphatic hydroxyl groups is 1. The normalized spacial score (nSPS) is 13.6. The molecule has 0 bridgehead atoms. The van der Waals surface area contributed by atoms with Crippen LogP contribution in [0.25, 0.3) is 12.2 Å². The first kappa shape index (κ1) is 17.6. The van der Waals surface area contributed by atoms with Gasteiger partial charge in [-0.25, -0.2) is 4.98 Å². The Kier molecular flexibility index (Phi) is 5.90. The lowest BCUT2D eigenvalue weighted by Gasteiger charge is -2.05. The maximum Gasteiger partial charge on any atom is 0.416 e. The number of thioether (sulfide) groups is 1. The van der Waals surface area contributed by atoms with Gasteiger partial charge in [-0.3, -0.25) is 0 Å². The highest BCUT2D eigenvalue weighted by atomic mass is 32.2. The molecule has 1 aromatic carbocycles. The molecule has 23 heavy (non-hydrogen) atoms. The van der Waals surface area contributed by atoms with Gasteiger partial charge in [-0.15, -0.1) is 11.8 Å². The number of nitrogens with zero attached hydrogens (tertiary/aromatic N) is 1. The smallest absolute Gasteiger partial charge is 0.416 e. The molecule has 0 amide bonds. The minimum atomic E-state index is -4.33. The fraction of sp³-hybridized carbons (Fsp3) is 0.312. The summed E-state index contributed by atoms with van der Waals surface area (Å²) in [6, 6.07) is 4.85. The molecule has 0 saturated carbocycles. The molecule has 0 radical (unpaired) electrons. The number of halogens is 3. The summed E-state index contributed by atoms with van der Waals surface area (Å²) in [5.41, 5.74) is 0.700. The van der Waals surface area contributed by atoms with Crippen LogP contribution in [0.5, 0.6) is 0 Å². The van der Waals surface area contributed by atoms with Crippen molar-refractivity contribution < 1.29 is 22.7 Å². The molecule has 1 N–H and O–H groups in total. The third kappa shape index (κ3) is 5.44. The van der Waals surface area contributed by atoms with E-state index in [9.17, 15) is 13.2 Å². The van der Waals surface area contributed by atoms with Gasteiger partial charge in [0.25, 0.3) is 0 Å². The molecule has 1 aromatic heterocycles. The van der Waals surface area contributed by atoms with E-state index in [4.69, 9.17) is 9.52 Å². The Labute approximate surface area is 136 Å². The Hall–Kier alpha value is -1.73. The Balaban J connectivity index is 1.96. The second-order valence-corrected chi connectivity index (χ2v) is 6.36. The van der Waals surface area contributed by atoms with E-state index in [1.54, 1.807) is 23.9 Å². The lowest BCUT2D eigenvalue weighted by atomic mass is 10.1. The van der Waals surface area contributed by atoms with Crippen LogP contribution in [0, 0.1) is 0 Å². The molecular weight excluding hydrogens is 327 g/mol. The van der Waals surface area contributed by atoms with Gasteiger partial charge >= 0.3 is 6.18 Å². The number of benzene rings is 1. The minimum absolute atomic E-state index is 0.100. The molecule has 0 aliphatic heterocycles.